The summed E-state index contributed by atoms with van der Waals surface area (Å²) in [4.78, 5) is 23.9. The van der Waals surface area contributed by atoms with E-state index in [0.717, 1.165) is 33.8 Å². The van der Waals surface area contributed by atoms with Gasteiger partial charge in [-0.1, -0.05) is 12.1 Å². The summed E-state index contributed by atoms with van der Waals surface area (Å²) in [5.41, 5.74) is 2.33. The van der Waals surface area contributed by atoms with E-state index in [-0.39, 0.29) is 23.7 Å². The molecule has 1 atom stereocenters. The van der Waals surface area contributed by atoms with Gasteiger partial charge in [-0.2, -0.15) is 0 Å². The fourth-order valence-corrected chi connectivity index (χ4v) is 5.54. The minimum absolute atomic E-state index is 0.0477. The van der Waals surface area contributed by atoms with Crippen LogP contribution in [0.2, 0.25) is 0 Å². The summed E-state index contributed by atoms with van der Waals surface area (Å²) < 4.78 is 30.0. The zero-order valence-corrected chi connectivity index (χ0v) is 18.4. The number of benzene rings is 1. The molecule has 164 valence electrons. The minimum atomic E-state index is -0.531. The van der Waals surface area contributed by atoms with Gasteiger partial charge in [0.1, 0.15) is 16.5 Å². The Balaban J connectivity index is 1.37. The normalized spacial score (nSPS) is 15.8. The highest BCUT2D eigenvalue weighted by Gasteiger charge is 2.25. The molecule has 1 N–H and O–H groups in total. The van der Waals surface area contributed by atoms with Crippen LogP contribution in [0.25, 0.3) is 10.2 Å². The van der Waals surface area contributed by atoms with Gasteiger partial charge in [-0.05, 0) is 55.5 Å². The Morgan fingerprint density at radius 1 is 1.22 bits per heavy atom. The monoisotopic (exact) mass is 452 g/mol. The summed E-state index contributed by atoms with van der Waals surface area (Å²) in [7, 11) is 0. The first kappa shape index (κ1) is 20.9. The number of fused-ring (bicyclic) bond motifs is 3. The molecule has 0 spiro atoms. The topological polar surface area (TPSA) is 59.8 Å². The molecule has 0 bridgehead atoms. The average Bonchev–Trinajstić information content (AvgIpc) is 3.17. The van der Waals surface area contributed by atoms with E-state index < -0.39 is 11.6 Å². The Morgan fingerprint density at radius 2 is 2.09 bits per heavy atom. The predicted molar refractivity (Wildman–Crippen MR) is 121 cm³/mol. The molecule has 3 heterocycles. The maximum absolute atomic E-state index is 14.3. The molecule has 1 aliphatic rings. The Hall–Kier alpha value is -2.97. The van der Waals surface area contributed by atoms with Crippen molar-refractivity contribution in [1.82, 2.24) is 19.9 Å². The first-order chi connectivity index (χ1) is 15.5. The van der Waals surface area contributed by atoms with Crippen LogP contribution in [0.5, 0.6) is 0 Å². The average molecular weight is 453 g/mol. The Bertz CT molecular complexity index is 1350. The van der Waals surface area contributed by atoms with Crippen LogP contribution in [0.15, 0.2) is 47.7 Å². The highest BCUT2D eigenvalue weighted by Crippen LogP contribution is 2.34. The molecule has 0 amide bonds. The van der Waals surface area contributed by atoms with Crippen LogP contribution in [0.1, 0.15) is 33.7 Å². The smallest absolute Gasteiger partial charge is 0.262 e. The third-order valence-electron chi connectivity index (χ3n) is 6.04. The van der Waals surface area contributed by atoms with Crippen molar-refractivity contribution in [2.75, 3.05) is 0 Å². The Morgan fingerprint density at radius 3 is 2.91 bits per heavy atom. The molecule has 5 rings (SSSR count). The van der Waals surface area contributed by atoms with Crippen LogP contribution in [-0.2, 0) is 25.9 Å². The molecule has 0 unspecified atom stereocenters. The number of halogens is 2. The van der Waals surface area contributed by atoms with E-state index in [0.29, 0.717) is 23.9 Å². The van der Waals surface area contributed by atoms with Crippen molar-refractivity contribution >= 4 is 21.6 Å². The first-order valence-corrected chi connectivity index (χ1v) is 11.4. The molecule has 32 heavy (non-hydrogen) atoms. The van der Waals surface area contributed by atoms with E-state index in [1.165, 1.54) is 23.5 Å². The number of pyridine rings is 1. The second-order valence-electron chi connectivity index (χ2n) is 8.16. The van der Waals surface area contributed by atoms with Crippen molar-refractivity contribution in [3.05, 3.63) is 92.1 Å². The van der Waals surface area contributed by atoms with Gasteiger partial charge >= 0.3 is 0 Å². The van der Waals surface area contributed by atoms with E-state index in [1.807, 2.05) is 18.2 Å². The summed E-state index contributed by atoms with van der Waals surface area (Å²) >= 11 is 1.53. The molecule has 5 nitrogen and oxygen atoms in total. The fourth-order valence-electron chi connectivity index (χ4n) is 4.28. The fraction of sp³-hybridized carbons (Fsp3) is 0.292. The van der Waals surface area contributed by atoms with E-state index >= 15 is 0 Å². The van der Waals surface area contributed by atoms with Gasteiger partial charge in [0.15, 0.2) is 0 Å². The lowest BCUT2D eigenvalue weighted by Gasteiger charge is -2.23. The van der Waals surface area contributed by atoms with Crippen LogP contribution in [0.3, 0.4) is 0 Å². The molecule has 3 aromatic heterocycles. The second-order valence-corrected chi connectivity index (χ2v) is 9.24. The van der Waals surface area contributed by atoms with Crippen LogP contribution in [0, 0.1) is 18.6 Å². The molecule has 1 aliphatic carbocycles. The van der Waals surface area contributed by atoms with Crippen LogP contribution >= 0.6 is 11.3 Å². The molecule has 0 saturated carbocycles. The molecular weight excluding hydrogens is 430 g/mol. The lowest BCUT2D eigenvalue weighted by Crippen LogP contribution is -2.34. The largest absolute Gasteiger partial charge is 0.309 e. The van der Waals surface area contributed by atoms with Crippen molar-refractivity contribution < 1.29 is 8.78 Å². The van der Waals surface area contributed by atoms with Crippen LogP contribution in [-0.4, -0.2) is 20.6 Å². The third-order valence-corrected chi connectivity index (χ3v) is 7.20. The predicted octanol–water partition coefficient (Wildman–Crippen LogP) is 4.14. The summed E-state index contributed by atoms with van der Waals surface area (Å²) in [6, 6.07) is 8.47. The number of rotatable bonds is 5. The molecular formula is C24H22F2N4OS. The van der Waals surface area contributed by atoms with Gasteiger partial charge in [0.25, 0.3) is 5.56 Å². The quantitative estimate of drug-likeness (QED) is 0.495. The van der Waals surface area contributed by atoms with Gasteiger partial charge < -0.3 is 5.32 Å². The van der Waals surface area contributed by atoms with Crippen molar-refractivity contribution in [3.63, 3.8) is 0 Å². The zero-order valence-electron chi connectivity index (χ0n) is 17.6. The Kier molecular flexibility index (Phi) is 5.57. The summed E-state index contributed by atoms with van der Waals surface area (Å²) in [6.45, 7) is 2.15. The van der Waals surface area contributed by atoms with E-state index in [1.54, 1.807) is 24.0 Å². The van der Waals surface area contributed by atoms with Crippen LogP contribution in [0.4, 0.5) is 8.78 Å². The number of aromatic nitrogens is 3. The van der Waals surface area contributed by atoms with Gasteiger partial charge in [-0.3, -0.25) is 14.3 Å². The molecule has 0 aliphatic heterocycles. The van der Waals surface area contributed by atoms with Crippen molar-refractivity contribution in [1.29, 1.82) is 0 Å². The SMILES string of the molecule is Cc1ccc(F)c(CN[C@@H]2CCc3c(sc4ncn(Cc5ccccn5)c(=O)c34)C2)c1F. The lowest BCUT2D eigenvalue weighted by molar-refractivity contribution is 0.445. The molecule has 0 radical (unpaired) electrons. The van der Waals surface area contributed by atoms with Crippen LogP contribution < -0.4 is 10.9 Å². The maximum atomic E-state index is 14.3. The van der Waals surface area contributed by atoms with Crippen molar-refractivity contribution in [2.45, 2.75) is 45.3 Å². The van der Waals surface area contributed by atoms with Gasteiger partial charge in [0, 0.05) is 29.2 Å². The van der Waals surface area contributed by atoms with Crippen molar-refractivity contribution in [2.24, 2.45) is 0 Å². The number of aryl methyl sites for hydroxylation is 2. The Labute approximate surface area is 187 Å². The van der Waals surface area contributed by atoms with E-state index in [4.69, 9.17) is 0 Å². The van der Waals surface area contributed by atoms with E-state index in [2.05, 4.69) is 15.3 Å². The molecule has 4 aromatic rings. The third kappa shape index (κ3) is 3.84. The van der Waals surface area contributed by atoms with Gasteiger partial charge in [0.2, 0.25) is 0 Å². The molecule has 0 saturated heterocycles. The molecule has 1 aromatic carbocycles. The number of nitrogens with zero attached hydrogens (tertiary/aromatic N) is 3. The standard InChI is InChI=1S/C24H22F2N4OS/c1-14-5-8-19(25)18(22(14)26)11-28-15-6-7-17-20(10-15)32-23-21(17)24(31)30(13-29-23)12-16-4-2-3-9-27-16/h2-5,8-9,13,15,28H,6-7,10-12H2,1H3/t15-/m1/s1. The number of hydrogen-bond donors (Lipinski definition) is 1. The van der Waals surface area contributed by atoms with Gasteiger partial charge in [-0.25, -0.2) is 13.8 Å². The number of hydrogen-bond acceptors (Lipinski definition) is 5. The molecule has 0 fully saturated rings. The lowest BCUT2D eigenvalue weighted by atomic mass is 9.93. The minimum Gasteiger partial charge on any atom is -0.309 e. The summed E-state index contributed by atoms with van der Waals surface area (Å²) in [6.07, 6.45) is 5.53. The van der Waals surface area contributed by atoms with Crippen molar-refractivity contribution in [3.8, 4) is 0 Å². The zero-order chi connectivity index (χ0) is 22.2. The van der Waals surface area contributed by atoms with Gasteiger partial charge in [-0.15, -0.1) is 11.3 Å². The first-order valence-electron chi connectivity index (χ1n) is 10.6. The van der Waals surface area contributed by atoms with E-state index in [9.17, 15) is 13.6 Å². The summed E-state index contributed by atoms with van der Waals surface area (Å²) in [5.74, 6) is -1.02. The second kappa shape index (κ2) is 8.52. The number of nitrogens with one attached hydrogen (secondary N) is 1. The maximum Gasteiger partial charge on any atom is 0.262 e. The number of thiophene rings is 1. The highest BCUT2D eigenvalue weighted by molar-refractivity contribution is 7.18. The van der Waals surface area contributed by atoms with Gasteiger partial charge in [0.05, 0.1) is 24.0 Å². The highest BCUT2D eigenvalue weighted by atomic mass is 32.1. The molecule has 8 heteroatoms. The summed E-state index contributed by atoms with van der Waals surface area (Å²) in [5, 5.41) is 4.00.